The number of hydrogen-bond donors (Lipinski definition) is 2. The molecule has 264 valence electrons. The third kappa shape index (κ3) is 5.22. The molecule has 17 heteroatoms. The molecule has 51 heavy (non-hydrogen) atoms. The molecule has 0 radical (unpaired) electrons. The van der Waals surface area contributed by atoms with Crippen molar-refractivity contribution in [3.05, 3.63) is 97.6 Å². The second kappa shape index (κ2) is 12.3. The number of benzene rings is 2. The predicted molar refractivity (Wildman–Crippen MR) is 177 cm³/mol. The van der Waals surface area contributed by atoms with Crippen molar-refractivity contribution in [3.63, 3.8) is 0 Å². The molecule has 3 fully saturated rings. The van der Waals surface area contributed by atoms with Crippen LogP contribution in [0.2, 0.25) is 10.0 Å². The first kappa shape index (κ1) is 35.0. The predicted octanol–water partition coefficient (Wildman–Crippen LogP) is 6.63. The number of phenols is 1. The van der Waals surface area contributed by atoms with Crippen LogP contribution in [0.5, 0.6) is 5.75 Å². The van der Waals surface area contributed by atoms with Gasteiger partial charge in [-0.15, -0.1) is 0 Å². The zero-order chi connectivity index (χ0) is 36.7. The van der Waals surface area contributed by atoms with E-state index < -0.39 is 87.3 Å². The van der Waals surface area contributed by atoms with E-state index in [0.29, 0.717) is 42.8 Å². The number of aromatic nitrogens is 1. The highest BCUT2D eigenvalue weighted by Crippen LogP contribution is 2.65. The Morgan fingerprint density at radius 2 is 1.75 bits per heavy atom. The number of nitrogens with zero attached hydrogens (tertiary/aromatic N) is 3. The Hall–Kier alpha value is -4.47. The number of alkyl halides is 3. The Kier molecular flexibility index (Phi) is 8.46. The third-order valence-corrected chi connectivity index (χ3v) is 11.2. The summed E-state index contributed by atoms with van der Waals surface area (Å²) in [7, 11) is 1.03. The molecule has 0 unspecified atom stereocenters. The highest BCUT2D eigenvalue weighted by Gasteiger charge is 2.71. The third-order valence-electron chi connectivity index (χ3n) is 10.2. The normalized spacial score (nSPS) is 27.2. The monoisotopic (exact) mass is 806 g/mol. The fourth-order valence-corrected chi connectivity index (χ4v) is 8.87. The molecule has 11 nitrogen and oxygen atoms in total. The fourth-order valence-electron chi connectivity index (χ4n) is 8.16. The Morgan fingerprint density at radius 3 is 2.39 bits per heavy atom. The van der Waals surface area contributed by atoms with Gasteiger partial charge < -0.3 is 9.84 Å². The van der Waals surface area contributed by atoms with Crippen LogP contribution in [0.3, 0.4) is 0 Å². The van der Waals surface area contributed by atoms with Gasteiger partial charge in [0.1, 0.15) is 5.75 Å². The van der Waals surface area contributed by atoms with Crippen LogP contribution >= 0.6 is 39.1 Å². The zero-order valence-electron chi connectivity index (χ0n) is 26.1. The van der Waals surface area contributed by atoms with Crippen molar-refractivity contribution in [3.8, 4) is 5.75 Å². The molecule has 2 aromatic carbocycles. The van der Waals surface area contributed by atoms with E-state index in [9.17, 15) is 37.5 Å². The molecule has 2 saturated heterocycles. The molecule has 1 saturated carbocycles. The lowest BCUT2D eigenvalue weighted by Gasteiger charge is -2.50. The van der Waals surface area contributed by atoms with Crippen molar-refractivity contribution in [1.82, 2.24) is 14.9 Å². The smallest absolute Gasteiger partial charge is 0.423 e. The number of likely N-dealkylation sites (tertiary alicyclic amines) is 1. The fraction of sp³-hybridized carbons (Fsp3) is 0.294. The summed E-state index contributed by atoms with van der Waals surface area (Å²) >= 11 is 15.9. The number of hydrazine groups is 1. The number of ether oxygens (including phenoxy) is 1. The zero-order valence-corrected chi connectivity index (χ0v) is 29.2. The van der Waals surface area contributed by atoms with E-state index in [1.165, 1.54) is 18.2 Å². The summed E-state index contributed by atoms with van der Waals surface area (Å²) in [4.78, 5) is 73.8. The van der Waals surface area contributed by atoms with Crippen molar-refractivity contribution in [2.45, 2.75) is 30.4 Å². The van der Waals surface area contributed by atoms with Gasteiger partial charge in [-0.25, -0.2) is 9.78 Å². The number of aromatic hydroxyl groups is 1. The second-order valence-corrected chi connectivity index (χ2v) is 14.4. The topological polar surface area (TPSA) is 146 Å². The Balaban J connectivity index is 1.45. The molecule has 7 rings (SSSR count). The number of hydrogen-bond acceptors (Lipinski definition) is 9. The van der Waals surface area contributed by atoms with Crippen LogP contribution in [0.4, 0.5) is 23.8 Å². The van der Waals surface area contributed by atoms with Crippen molar-refractivity contribution >= 4 is 74.7 Å². The Morgan fingerprint density at radius 1 is 1.04 bits per heavy atom. The SMILES string of the molecule is COC(=O)N1C(=O)[C@H]2[C@H](CC=C3[C@H]2C[C@H]2C(=O)N(Nc4ncc(C(F)(F)F)cc4Cl)C(=O)[C@@]2(c2ccc(Cl)cc2)[C@H]3c2cc(Br)ccc2O)C1=O. The summed E-state index contributed by atoms with van der Waals surface area (Å²) in [6.45, 7) is 0. The van der Waals surface area contributed by atoms with Gasteiger partial charge >= 0.3 is 12.3 Å². The molecular weight excluding hydrogens is 784 g/mol. The lowest BCUT2D eigenvalue weighted by atomic mass is 9.49. The molecule has 1 aromatic heterocycles. The molecule has 2 N–H and O–H groups in total. The van der Waals surface area contributed by atoms with Crippen molar-refractivity contribution in [1.29, 1.82) is 0 Å². The lowest BCUT2D eigenvalue weighted by molar-refractivity contribution is -0.140. The quantitative estimate of drug-likeness (QED) is 0.219. The van der Waals surface area contributed by atoms with Gasteiger partial charge in [0, 0.05) is 27.2 Å². The van der Waals surface area contributed by atoms with Gasteiger partial charge in [0.2, 0.25) is 11.8 Å². The number of rotatable bonds is 4. The average molecular weight is 808 g/mol. The van der Waals surface area contributed by atoms with Crippen molar-refractivity contribution in [2.24, 2.45) is 23.7 Å². The number of pyridine rings is 1. The molecular formula is C34H24BrCl2F3N4O7. The summed E-state index contributed by atoms with van der Waals surface area (Å²) < 4.78 is 45.4. The second-order valence-electron chi connectivity index (χ2n) is 12.6. The number of phenolic OH excluding ortho intramolecular Hbond substituents is 1. The summed E-state index contributed by atoms with van der Waals surface area (Å²) in [6, 6.07) is 11.3. The molecule has 0 spiro atoms. The summed E-state index contributed by atoms with van der Waals surface area (Å²) in [6.07, 6.45) is -3.90. The van der Waals surface area contributed by atoms with Gasteiger partial charge in [0.25, 0.3) is 11.8 Å². The summed E-state index contributed by atoms with van der Waals surface area (Å²) in [5.74, 6) is -9.37. The van der Waals surface area contributed by atoms with Crippen LogP contribution in [0.1, 0.15) is 35.4 Å². The van der Waals surface area contributed by atoms with Crippen LogP contribution in [-0.2, 0) is 35.5 Å². The Bertz CT molecular complexity index is 2080. The average Bonchev–Trinajstić information content (AvgIpc) is 3.47. The van der Waals surface area contributed by atoms with E-state index in [4.69, 9.17) is 27.9 Å². The number of allylic oxidation sites excluding steroid dienone is 2. The van der Waals surface area contributed by atoms with E-state index in [0.717, 1.165) is 7.11 Å². The van der Waals surface area contributed by atoms with Gasteiger partial charge in [-0.05, 0) is 60.7 Å². The van der Waals surface area contributed by atoms with E-state index in [1.54, 1.807) is 30.3 Å². The van der Waals surface area contributed by atoms with Gasteiger partial charge in [0.15, 0.2) is 5.82 Å². The number of carbonyl (C=O) groups excluding carboxylic acids is 5. The van der Waals surface area contributed by atoms with Crippen LogP contribution < -0.4 is 5.43 Å². The van der Waals surface area contributed by atoms with Crippen LogP contribution in [-0.4, -0.2) is 56.8 Å². The number of imide groups is 4. The van der Waals surface area contributed by atoms with E-state index >= 15 is 4.79 Å². The number of carbonyl (C=O) groups is 5. The first-order valence-corrected chi connectivity index (χ1v) is 16.9. The lowest BCUT2D eigenvalue weighted by Crippen LogP contribution is -2.53. The van der Waals surface area contributed by atoms with Crippen LogP contribution in [0.25, 0.3) is 0 Å². The number of nitrogens with one attached hydrogen (secondary N) is 1. The van der Waals surface area contributed by atoms with Crippen molar-refractivity contribution < 1.29 is 47.0 Å². The standard InChI is InChI=1S/C34H24BrCl2F3N4O7/c1-51-32(50)43-28(46)19-8-7-18-20(25(19)30(43)48)12-22-29(47)44(42-27-23(37)10-15(13-41-27)34(38,39)40)31(49)33(22,14-2-5-17(36)6-3-14)26(18)21-11-16(35)4-9-24(21)45/h2-7,9-11,13,19-20,22,25-26,45H,8,12H2,1H3,(H,41,42)/t19-,20+,22-,25-,26+,33+/m0/s1. The number of anilines is 1. The molecule has 6 atom stereocenters. The molecule has 4 aliphatic rings. The maximum absolute atomic E-state index is 15.1. The molecule has 3 aromatic rings. The Labute approximate surface area is 305 Å². The number of halogens is 6. The number of amides is 5. The highest BCUT2D eigenvalue weighted by molar-refractivity contribution is 9.10. The van der Waals surface area contributed by atoms with E-state index in [2.05, 4.69) is 26.3 Å². The molecule has 2 aliphatic heterocycles. The van der Waals surface area contributed by atoms with E-state index in [1.807, 2.05) is 0 Å². The maximum atomic E-state index is 15.1. The molecule has 2 aliphatic carbocycles. The van der Waals surface area contributed by atoms with Crippen LogP contribution in [0, 0.1) is 23.7 Å². The maximum Gasteiger partial charge on any atom is 0.423 e. The van der Waals surface area contributed by atoms with Gasteiger partial charge in [-0.1, -0.05) is 62.9 Å². The number of fused-ring (bicyclic) bond motifs is 4. The molecule has 0 bridgehead atoms. The minimum Gasteiger partial charge on any atom is -0.508 e. The highest BCUT2D eigenvalue weighted by atomic mass is 79.9. The van der Waals surface area contributed by atoms with E-state index in [-0.39, 0.29) is 24.2 Å². The van der Waals surface area contributed by atoms with Crippen LogP contribution in [0.15, 0.2) is 70.8 Å². The summed E-state index contributed by atoms with van der Waals surface area (Å²) in [5, 5.41) is 11.8. The van der Waals surface area contributed by atoms with Crippen molar-refractivity contribution in [2.75, 3.05) is 12.5 Å². The molecule has 3 heterocycles. The minimum absolute atomic E-state index is 0.00359. The first-order chi connectivity index (χ1) is 24.1. The van der Waals surface area contributed by atoms with Gasteiger partial charge in [0.05, 0.1) is 40.9 Å². The summed E-state index contributed by atoms with van der Waals surface area (Å²) in [5.41, 5.74) is 0.507. The van der Waals surface area contributed by atoms with Gasteiger partial charge in [-0.3, -0.25) is 24.6 Å². The molecule has 5 amide bonds. The number of methoxy groups -OCH3 is 1. The first-order valence-electron chi connectivity index (χ1n) is 15.4. The largest absolute Gasteiger partial charge is 0.508 e. The van der Waals surface area contributed by atoms with Gasteiger partial charge in [-0.2, -0.15) is 23.1 Å². The minimum atomic E-state index is -4.77.